The zero-order valence-electron chi connectivity index (χ0n) is 16.8. The van der Waals surface area contributed by atoms with Crippen LogP contribution in [0.1, 0.15) is 23.7 Å². The van der Waals surface area contributed by atoms with Crippen molar-refractivity contribution in [2.75, 3.05) is 13.6 Å². The molecule has 0 bridgehead atoms. The van der Waals surface area contributed by atoms with Crippen molar-refractivity contribution < 1.29 is 28.3 Å². The highest BCUT2D eigenvalue weighted by atomic mass is 16.7. The first-order valence-corrected chi connectivity index (χ1v) is 9.96. The van der Waals surface area contributed by atoms with Gasteiger partial charge in [0.1, 0.15) is 5.39 Å². The molecule has 3 aliphatic heterocycles. The maximum absolute atomic E-state index is 12.4. The number of fused-ring (bicyclic) bond motifs is 7. The van der Waals surface area contributed by atoms with Crippen LogP contribution in [0.2, 0.25) is 0 Å². The van der Waals surface area contributed by atoms with Gasteiger partial charge in [0.15, 0.2) is 35.3 Å². The van der Waals surface area contributed by atoms with Crippen molar-refractivity contribution in [1.29, 1.82) is 0 Å². The minimum absolute atomic E-state index is 0.0668. The Kier molecular flexibility index (Phi) is 3.46. The molecule has 0 atom stereocenters. The number of benzene rings is 2. The number of hydrogen-bond acceptors (Lipinski definition) is 5. The number of allylic oxidation sites excluding steroid dienone is 1. The second-order valence-electron chi connectivity index (χ2n) is 7.84. The minimum Gasteiger partial charge on any atom is -0.454 e. The average molecular weight is 402 g/mol. The summed E-state index contributed by atoms with van der Waals surface area (Å²) < 4.78 is 24.9. The highest BCUT2D eigenvalue weighted by Gasteiger charge is 2.37. The van der Waals surface area contributed by atoms with E-state index in [0.29, 0.717) is 17.1 Å². The van der Waals surface area contributed by atoms with Crippen molar-refractivity contribution in [2.45, 2.75) is 26.8 Å². The summed E-state index contributed by atoms with van der Waals surface area (Å²) in [5.41, 5.74) is 5.75. The average Bonchev–Trinajstić information content (AvgIpc) is 3.40. The Labute approximate surface area is 173 Å². The molecule has 2 aromatic carbocycles. The van der Waals surface area contributed by atoms with Gasteiger partial charge in [0.05, 0.1) is 11.1 Å². The summed E-state index contributed by atoms with van der Waals surface area (Å²) in [6.45, 7) is 8.94. The number of aromatic nitrogens is 1. The molecule has 0 saturated heterocycles. The second kappa shape index (κ2) is 5.98. The number of nitrogens with zero attached hydrogens (tertiary/aromatic N) is 1. The summed E-state index contributed by atoms with van der Waals surface area (Å²) in [6.07, 6.45) is 0.819. The van der Waals surface area contributed by atoms with Gasteiger partial charge in [-0.15, -0.1) is 0 Å². The van der Waals surface area contributed by atoms with Crippen LogP contribution >= 0.6 is 0 Å². The predicted molar refractivity (Wildman–Crippen MR) is 110 cm³/mol. The van der Waals surface area contributed by atoms with Crippen LogP contribution < -0.4 is 23.5 Å². The van der Waals surface area contributed by atoms with Gasteiger partial charge in [0, 0.05) is 17.4 Å². The predicted octanol–water partition coefficient (Wildman–Crippen LogP) is 3.72. The maximum Gasteiger partial charge on any atom is 0.231 e. The lowest BCUT2D eigenvalue weighted by Crippen LogP contribution is -2.45. The van der Waals surface area contributed by atoms with Crippen LogP contribution in [-0.4, -0.2) is 19.4 Å². The van der Waals surface area contributed by atoms with E-state index in [4.69, 9.17) is 18.9 Å². The van der Waals surface area contributed by atoms with Gasteiger partial charge in [-0.1, -0.05) is 6.58 Å². The van der Waals surface area contributed by atoms with Crippen LogP contribution in [0.5, 0.6) is 23.0 Å². The van der Waals surface area contributed by atoms with Gasteiger partial charge in [-0.3, -0.25) is 4.79 Å². The van der Waals surface area contributed by atoms with Crippen molar-refractivity contribution >= 4 is 22.1 Å². The number of ether oxygens (including phenoxy) is 4. The molecule has 6 rings (SSSR count). The SMILES string of the molecule is C=C(C(C)=O)c1c2c3c(ccc2c(C)c2[n+]1CCc1cc4c(cc1-2)OCO4)OCO3. The first-order valence-electron chi connectivity index (χ1n) is 9.96. The molecule has 0 fully saturated rings. The molecule has 4 heterocycles. The summed E-state index contributed by atoms with van der Waals surface area (Å²) in [4.78, 5) is 12.4. The van der Waals surface area contributed by atoms with E-state index in [1.807, 2.05) is 12.1 Å². The molecular weight excluding hydrogens is 382 g/mol. The second-order valence-corrected chi connectivity index (χ2v) is 7.84. The van der Waals surface area contributed by atoms with E-state index in [9.17, 15) is 4.79 Å². The van der Waals surface area contributed by atoms with E-state index >= 15 is 0 Å². The molecule has 3 aromatic rings. The molecule has 0 N–H and O–H groups in total. The molecule has 150 valence electrons. The topological polar surface area (TPSA) is 57.9 Å². The Morgan fingerprint density at radius 3 is 2.57 bits per heavy atom. The Hall–Kier alpha value is -3.54. The molecule has 0 aliphatic carbocycles. The molecule has 0 amide bonds. The first-order chi connectivity index (χ1) is 14.5. The summed E-state index contributed by atoms with van der Waals surface area (Å²) in [6, 6.07) is 8.09. The molecule has 6 heteroatoms. The molecule has 0 radical (unpaired) electrons. The number of carbonyl (C=O) groups is 1. The molecule has 6 nitrogen and oxygen atoms in total. The van der Waals surface area contributed by atoms with E-state index in [-0.39, 0.29) is 19.4 Å². The normalized spacial score (nSPS) is 15.1. The van der Waals surface area contributed by atoms with Gasteiger partial charge in [0.2, 0.25) is 25.0 Å². The zero-order chi connectivity index (χ0) is 20.6. The van der Waals surface area contributed by atoms with Gasteiger partial charge in [-0.05, 0) is 43.7 Å². The van der Waals surface area contributed by atoms with E-state index in [1.165, 1.54) is 5.56 Å². The van der Waals surface area contributed by atoms with E-state index in [0.717, 1.165) is 57.8 Å². The van der Waals surface area contributed by atoms with Gasteiger partial charge in [-0.25, -0.2) is 0 Å². The third-order valence-corrected chi connectivity index (χ3v) is 6.24. The van der Waals surface area contributed by atoms with Crippen LogP contribution in [0.15, 0.2) is 30.8 Å². The monoisotopic (exact) mass is 402 g/mol. The fraction of sp³-hybridized carbons (Fsp3) is 0.250. The van der Waals surface area contributed by atoms with Crippen LogP contribution in [0, 0.1) is 6.92 Å². The minimum atomic E-state index is -0.0668. The highest BCUT2D eigenvalue weighted by Crippen LogP contribution is 2.46. The van der Waals surface area contributed by atoms with Crippen molar-refractivity contribution in [3.05, 3.63) is 47.7 Å². The van der Waals surface area contributed by atoms with E-state index in [1.54, 1.807) is 6.92 Å². The van der Waals surface area contributed by atoms with Crippen molar-refractivity contribution in [2.24, 2.45) is 0 Å². The number of carbonyl (C=O) groups excluding carboxylic acids is 1. The summed E-state index contributed by atoms with van der Waals surface area (Å²) in [5.74, 6) is 2.85. The number of ketones is 1. The molecular formula is C24H20NO5+. The van der Waals surface area contributed by atoms with E-state index in [2.05, 4.69) is 30.2 Å². The van der Waals surface area contributed by atoms with E-state index < -0.39 is 0 Å². The molecule has 30 heavy (non-hydrogen) atoms. The smallest absolute Gasteiger partial charge is 0.231 e. The maximum atomic E-state index is 12.4. The Morgan fingerprint density at radius 2 is 1.77 bits per heavy atom. The largest absolute Gasteiger partial charge is 0.454 e. The Bertz CT molecular complexity index is 1310. The number of hydrogen-bond donors (Lipinski definition) is 0. The Morgan fingerprint density at radius 1 is 1.03 bits per heavy atom. The summed E-state index contributed by atoms with van der Waals surface area (Å²) in [5, 5.41) is 1.91. The van der Waals surface area contributed by atoms with Gasteiger partial charge >= 0.3 is 0 Å². The molecule has 1 aromatic heterocycles. The van der Waals surface area contributed by atoms with Crippen LogP contribution in [0.4, 0.5) is 0 Å². The van der Waals surface area contributed by atoms with Gasteiger partial charge < -0.3 is 18.9 Å². The number of pyridine rings is 1. The fourth-order valence-electron chi connectivity index (χ4n) is 4.79. The lowest BCUT2D eigenvalue weighted by atomic mass is 9.89. The quantitative estimate of drug-likeness (QED) is 0.483. The lowest BCUT2D eigenvalue weighted by Gasteiger charge is -2.22. The van der Waals surface area contributed by atoms with Crippen molar-refractivity contribution in [3.8, 4) is 34.3 Å². The van der Waals surface area contributed by atoms with Crippen LogP contribution in [-0.2, 0) is 17.8 Å². The molecule has 3 aliphatic rings. The lowest BCUT2D eigenvalue weighted by molar-refractivity contribution is -0.688. The van der Waals surface area contributed by atoms with Crippen LogP contribution in [0.25, 0.3) is 27.6 Å². The third-order valence-electron chi connectivity index (χ3n) is 6.24. The zero-order valence-corrected chi connectivity index (χ0v) is 16.8. The third kappa shape index (κ3) is 2.19. The molecule has 0 unspecified atom stereocenters. The standard InChI is InChI=1S/C24H20NO5/c1-12(14(3)26)23-21-16(4-5-18-24(21)30-11-27-18)13(2)22-17-9-20-19(28-10-29-20)8-15(17)6-7-25(22)23/h4-5,8-9H,1,6-7,10-11H2,2-3H3/q+1. The van der Waals surface area contributed by atoms with Crippen LogP contribution in [0.3, 0.4) is 0 Å². The summed E-state index contributed by atoms with van der Waals surface area (Å²) in [7, 11) is 0. The molecule has 0 saturated carbocycles. The van der Waals surface area contributed by atoms with Gasteiger partial charge in [-0.2, -0.15) is 4.57 Å². The highest BCUT2D eigenvalue weighted by molar-refractivity contribution is 6.21. The number of aryl methyl sites for hydroxylation is 2. The fourth-order valence-corrected chi connectivity index (χ4v) is 4.79. The molecule has 0 spiro atoms. The van der Waals surface area contributed by atoms with Gasteiger partial charge in [0.25, 0.3) is 0 Å². The van der Waals surface area contributed by atoms with Crippen molar-refractivity contribution in [3.63, 3.8) is 0 Å². The van der Waals surface area contributed by atoms with Crippen molar-refractivity contribution in [1.82, 2.24) is 0 Å². The first kappa shape index (κ1) is 17.3. The number of rotatable bonds is 2. The number of Topliss-reactive ketones (excluding diaryl/α,β-unsaturated/α-hetero) is 1. The Balaban J connectivity index is 1.75. The summed E-state index contributed by atoms with van der Waals surface area (Å²) >= 11 is 0.